The molecule has 2 aromatic rings. The topological polar surface area (TPSA) is 38.8 Å². The molecule has 1 aliphatic rings. The lowest BCUT2D eigenvalue weighted by Crippen LogP contribution is -2.38. The molecule has 2 aromatic carbocycles. The molecule has 0 unspecified atom stereocenters. The van der Waals surface area contributed by atoms with Crippen molar-refractivity contribution in [2.75, 3.05) is 25.2 Å². The molecular weight excluding hydrogens is 297 g/mol. The number of carbonyl (C=O) groups excluding carboxylic acids is 1. The van der Waals surface area contributed by atoms with Gasteiger partial charge in [0.05, 0.1) is 7.11 Å². The van der Waals surface area contributed by atoms with Crippen molar-refractivity contribution in [3.63, 3.8) is 0 Å². The van der Waals surface area contributed by atoms with Crippen LogP contribution in [0.5, 0.6) is 11.5 Å². The summed E-state index contributed by atoms with van der Waals surface area (Å²) in [5, 5.41) is 0. The molecule has 3 rings (SSSR count). The summed E-state index contributed by atoms with van der Waals surface area (Å²) in [4.78, 5) is 14.2. The van der Waals surface area contributed by atoms with Gasteiger partial charge in [0.1, 0.15) is 5.75 Å². The number of amides is 1. The normalized spacial score (nSPS) is 13.4. The average molecular weight is 315 g/mol. The summed E-state index contributed by atoms with van der Waals surface area (Å²) in [6.45, 7) is 0.552. The maximum atomic E-state index is 13.6. The van der Waals surface area contributed by atoms with Gasteiger partial charge in [-0.25, -0.2) is 4.39 Å². The van der Waals surface area contributed by atoms with Crippen LogP contribution in [0, 0.1) is 5.82 Å². The van der Waals surface area contributed by atoms with Crippen LogP contribution in [0.1, 0.15) is 12.0 Å². The number of rotatable bonds is 4. The molecule has 120 valence electrons. The number of hydrogen-bond donors (Lipinski definition) is 0. The first kappa shape index (κ1) is 15.3. The third-order valence-corrected chi connectivity index (χ3v) is 3.90. The van der Waals surface area contributed by atoms with Crippen LogP contribution < -0.4 is 14.4 Å². The van der Waals surface area contributed by atoms with Gasteiger partial charge in [0.25, 0.3) is 5.91 Å². The largest absolute Gasteiger partial charge is 0.494 e. The number of carbonyl (C=O) groups is 1. The van der Waals surface area contributed by atoms with Crippen molar-refractivity contribution < 1.29 is 18.7 Å². The Morgan fingerprint density at radius 1 is 1.26 bits per heavy atom. The lowest BCUT2D eigenvalue weighted by molar-refractivity contribution is -0.120. The number of aryl methyl sites for hydroxylation is 1. The summed E-state index contributed by atoms with van der Waals surface area (Å²) in [5.41, 5.74) is 2.11. The molecule has 0 saturated carbocycles. The Hall–Kier alpha value is -2.56. The van der Waals surface area contributed by atoms with E-state index >= 15 is 0 Å². The number of anilines is 1. The van der Waals surface area contributed by atoms with E-state index < -0.39 is 5.82 Å². The lowest BCUT2D eigenvalue weighted by Gasteiger charge is -2.29. The fourth-order valence-corrected chi connectivity index (χ4v) is 2.75. The van der Waals surface area contributed by atoms with E-state index in [1.165, 1.54) is 24.8 Å². The summed E-state index contributed by atoms with van der Waals surface area (Å²) in [6.07, 6.45) is 1.91. The van der Waals surface area contributed by atoms with Gasteiger partial charge in [-0.3, -0.25) is 4.79 Å². The number of halogens is 1. The predicted molar refractivity (Wildman–Crippen MR) is 85.6 cm³/mol. The van der Waals surface area contributed by atoms with E-state index in [-0.39, 0.29) is 18.3 Å². The summed E-state index contributed by atoms with van der Waals surface area (Å²) >= 11 is 0. The minimum atomic E-state index is -0.513. The third-order valence-electron chi connectivity index (χ3n) is 3.90. The Bertz CT molecular complexity index is 717. The van der Waals surface area contributed by atoms with Gasteiger partial charge >= 0.3 is 0 Å². The van der Waals surface area contributed by atoms with Crippen molar-refractivity contribution in [3.05, 3.63) is 53.8 Å². The molecule has 5 heteroatoms. The maximum absolute atomic E-state index is 13.6. The summed E-state index contributed by atoms with van der Waals surface area (Å²) in [6, 6.07) is 12.2. The highest BCUT2D eigenvalue weighted by atomic mass is 19.1. The van der Waals surface area contributed by atoms with Gasteiger partial charge in [-0.15, -0.1) is 0 Å². The quantitative estimate of drug-likeness (QED) is 0.870. The Morgan fingerprint density at radius 2 is 2.09 bits per heavy atom. The van der Waals surface area contributed by atoms with Crippen LogP contribution in [0.15, 0.2) is 42.5 Å². The molecule has 1 aliphatic heterocycles. The van der Waals surface area contributed by atoms with Crippen LogP contribution >= 0.6 is 0 Å². The molecule has 1 amide bonds. The van der Waals surface area contributed by atoms with Gasteiger partial charge in [0.2, 0.25) is 0 Å². The first-order valence-corrected chi connectivity index (χ1v) is 7.53. The lowest BCUT2D eigenvalue weighted by atomic mass is 10.0. The van der Waals surface area contributed by atoms with E-state index in [0.29, 0.717) is 12.3 Å². The second-order valence-corrected chi connectivity index (χ2v) is 5.36. The zero-order valence-electron chi connectivity index (χ0n) is 12.9. The van der Waals surface area contributed by atoms with E-state index in [2.05, 4.69) is 0 Å². The van der Waals surface area contributed by atoms with Crippen LogP contribution in [-0.2, 0) is 11.2 Å². The van der Waals surface area contributed by atoms with Crippen LogP contribution in [0.4, 0.5) is 10.1 Å². The Labute approximate surface area is 134 Å². The molecule has 0 aliphatic carbocycles. The van der Waals surface area contributed by atoms with Gasteiger partial charge in [0.15, 0.2) is 18.2 Å². The molecule has 0 radical (unpaired) electrons. The second kappa shape index (κ2) is 6.69. The molecule has 0 spiro atoms. The smallest absolute Gasteiger partial charge is 0.264 e. The van der Waals surface area contributed by atoms with Gasteiger partial charge in [0, 0.05) is 18.3 Å². The van der Waals surface area contributed by atoms with Crippen molar-refractivity contribution in [1.29, 1.82) is 0 Å². The summed E-state index contributed by atoms with van der Waals surface area (Å²) in [5.74, 6) is -0.190. The molecule has 4 nitrogen and oxygen atoms in total. The molecule has 0 bridgehead atoms. The fourth-order valence-electron chi connectivity index (χ4n) is 2.75. The first-order chi connectivity index (χ1) is 11.2. The van der Waals surface area contributed by atoms with Gasteiger partial charge < -0.3 is 14.4 Å². The zero-order chi connectivity index (χ0) is 16.2. The number of hydrogen-bond acceptors (Lipinski definition) is 3. The van der Waals surface area contributed by atoms with Crippen molar-refractivity contribution in [3.8, 4) is 11.5 Å². The Kier molecular flexibility index (Phi) is 4.46. The van der Waals surface area contributed by atoms with Crippen LogP contribution in [-0.4, -0.2) is 26.2 Å². The van der Waals surface area contributed by atoms with E-state index in [0.717, 1.165) is 18.5 Å². The SMILES string of the molecule is COc1ccc(OCC(=O)N2CCCc3ccccc32)cc1F. The Balaban J connectivity index is 1.67. The standard InChI is InChI=1S/C18H18FNO3/c1-22-17-9-8-14(11-15(17)19)23-12-18(21)20-10-4-6-13-5-2-3-7-16(13)20/h2-3,5,7-9,11H,4,6,10,12H2,1H3. The van der Waals surface area contributed by atoms with Gasteiger partial charge in [-0.1, -0.05) is 18.2 Å². The molecule has 0 atom stereocenters. The van der Waals surface area contributed by atoms with Crippen LogP contribution in [0.3, 0.4) is 0 Å². The number of benzene rings is 2. The maximum Gasteiger partial charge on any atom is 0.264 e. The highest BCUT2D eigenvalue weighted by molar-refractivity contribution is 5.95. The van der Waals surface area contributed by atoms with Gasteiger partial charge in [-0.2, -0.15) is 0 Å². The first-order valence-electron chi connectivity index (χ1n) is 7.53. The summed E-state index contributed by atoms with van der Waals surface area (Å²) in [7, 11) is 1.40. The number of fused-ring (bicyclic) bond motifs is 1. The molecule has 1 heterocycles. The molecule has 23 heavy (non-hydrogen) atoms. The van der Waals surface area contributed by atoms with E-state index in [1.807, 2.05) is 24.3 Å². The monoisotopic (exact) mass is 315 g/mol. The predicted octanol–water partition coefficient (Wildman–Crippen LogP) is 3.19. The van der Waals surface area contributed by atoms with Crippen molar-refractivity contribution in [2.45, 2.75) is 12.8 Å². The fraction of sp³-hybridized carbons (Fsp3) is 0.278. The minimum absolute atomic E-state index is 0.125. The summed E-state index contributed by atoms with van der Waals surface area (Å²) < 4.78 is 23.9. The average Bonchev–Trinajstić information content (AvgIpc) is 2.59. The molecule has 0 saturated heterocycles. The van der Waals surface area contributed by atoms with Gasteiger partial charge in [-0.05, 0) is 36.6 Å². The number of methoxy groups -OCH3 is 1. The van der Waals surface area contributed by atoms with E-state index in [1.54, 1.807) is 11.0 Å². The Morgan fingerprint density at radius 3 is 2.87 bits per heavy atom. The molecular formula is C18H18FNO3. The zero-order valence-corrected chi connectivity index (χ0v) is 12.9. The van der Waals surface area contributed by atoms with E-state index in [9.17, 15) is 9.18 Å². The highest BCUT2D eigenvalue weighted by Crippen LogP contribution is 2.27. The number of para-hydroxylation sites is 1. The highest BCUT2D eigenvalue weighted by Gasteiger charge is 2.22. The van der Waals surface area contributed by atoms with Crippen molar-refractivity contribution in [1.82, 2.24) is 0 Å². The molecule has 0 N–H and O–H groups in total. The van der Waals surface area contributed by atoms with Crippen LogP contribution in [0.2, 0.25) is 0 Å². The van der Waals surface area contributed by atoms with Crippen LogP contribution in [0.25, 0.3) is 0 Å². The minimum Gasteiger partial charge on any atom is -0.494 e. The third kappa shape index (κ3) is 3.28. The second-order valence-electron chi connectivity index (χ2n) is 5.36. The molecule has 0 aromatic heterocycles. The van der Waals surface area contributed by atoms with Crippen molar-refractivity contribution in [2.24, 2.45) is 0 Å². The number of nitrogens with zero attached hydrogens (tertiary/aromatic N) is 1. The molecule has 0 fully saturated rings. The van der Waals surface area contributed by atoms with Crippen molar-refractivity contribution >= 4 is 11.6 Å². The van der Waals surface area contributed by atoms with E-state index in [4.69, 9.17) is 9.47 Å². The number of ether oxygens (including phenoxy) is 2.